The molecule has 1 atom stereocenters. The highest BCUT2D eigenvalue weighted by Crippen LogP contribution is 2.24. The zero-order valence-electron chi connectivity index (χ0n) is 10.4. The van der Waals surface area contributed by atoms with Crippen LogP contribution >= 0.6 is 0 Å². The molecule has 1 rings (SSSR count). The van der Waals surface area contributed by atoms with E-state index in [1.165, 1.54) is 11.1 Å². The van der Waals surface area contributed by atoms with Crippen molar-refractivity contribution in [3.8, 4) is 5.75 Å². The van der Waals surface area contributed by atoms with E-state index in [0.29, 0.717) is 6.04 Å². The molecule has 1 aromatic carbocycles. The van der Waals surface area contributed by atoms with Crippen molar-refractivity contribution in [2.45, 2.75) is 26.3 Å². The van der Waals surface area contributed by atoms with Gasteiger partial charge in [-0.2, -0.15) is 0 Å². The summed E-state index contributed by atoms with van der Waals surface area (Å²) in [6.07, 6.45) is 2.90. The molecule has 0 radical (unpaired) electrons. The fourth-order valence-electron chi connectivity index (χ4n) is 1.90. The Balaban J connectivity index is 2.94. The van der Waals surface area contributed by atoms with E-state index in [4.69, 9.17) is 4.74 Å². The molecule has 0 aliphatic heterocycles. The fraction of sp³-hybridized carbons (Fsp3) is 0.429. The number of hydrogen-bond donors (Lipinski definition) is 1. The third kappa shape index (κ3) is 3.11. The van der Waals surface area contributed by atoms with Gasteiger partial charge in [-0.1, -0.05) is 19.1 Å². The Labute approximate surface area is 98.3 Å². The smallest absolute Gasteiger partial charge is 0.119 e. The van der Waals surface area contributed by atoms with Crippen LogP contribution in [0.25, 0.3) is 0 Å². The Bertz CT molecular complexity index is 347. The molecule has 0 fully saturated rings. The number of benzene rings is 1. The molecule has 1 N–H and O–H groups in total. The first-order valence-corrected chi connectivity index (χ1v) is 5.71. The predicted octanol–water partition coefficient (Wildman–Crippen LogP) is 3.23. The maximum Gasteiger partial charge on any atom is 0.119 e. The Hall–Kier alpha value is -1.28. The van der Waals surface area contributed by atoms with Crippen LogP contribution < -0.4 is 10.1 Å². The summed E-state index contributed by atoms with van der Waals surface area (Å²) in [4.78, 5) is 0. The van der Waals surface area contributed by atoms with Crippen LogP contribution in [0, 0.1) is 6.92 Å². The Morgan fingerprint density at radius 1 is 1.50 bits per heavy atom. The summed E-state index contributed by atoms with van der Waals surface area (Å²) < 4.78 is 5.21. The first-order valence-electron chi connectivity index (χ1n) is 5.71. The first-order chi connectivity index (χ1) is 7.72. The largest absolute Gasteiger partial charge is 0.497 e. The molecule has 0 amide bonds. The monoisotopic (exact) mass is 219 g/mol. The molecule has 0 bridgehead atoms. The second kappa shape index (κ2) is 6.33. The third-order valence-corrected chi connectivity index (χ3v) is 2.71. The van der Waals surface area contributed by atoms with Crippen molar-refractivity contribution in [2.24, 2.45) is 0 Å². The Morgan fingerprint density at radius 2 is 2.25 bits per heavy atom. The number of methoxy groups -OCH3 is 1. The number of rotatable bonds is 6. The predicted molar refractivity (Wildman–Crippen MR) is 69.0 cm³/mol. The van der Waals surface area contributed by atoms with E-state index in [1.54, 1.807) is 7.11 Å². The minimum absolute atomic E-state index is 0.355. The quantitative estimate of drug-likeness (QED) is 0.742. The lowest BCUT2D eigenvalue weighted by atomic mass is 9.98. The van der Waals surface area contributed by atoms with Gasteiger partial charge in [-0.05, 0) is 43.1 Å². The van der Waals surface area contributed by atoms with Gasteiger partial charge < -0.3 is 10.1 Å². The maximum atomic E-state index is 5.21. The van der Waals surface area contributed by atoms with Gasteiger partial charge in [-0.25, -0.2) is 0 Å². The summed E-state index contributed by atoms with van der Waals surface area (Å²) in [7, 11) is 1.69. The van der Waals surface area contributed by atoms with Gasteiger partial charge in [-0.15, -0.1) is 6.58 Å². The van der Waals surface area contributed by atoms with Crippen LogP contribution in [0.3, 0.4) is 0 Å². The van der Waals surface area contributed by atoms with E-state index < -0.39 is 0 Å². The van der Waals surface area contributed by atoms with Gasteiger partial charge in [-0.3, -0.25) is 0 Å². The van der Waals surface area contributed by atoms with Gasteiger partial charge in [0.15, 0.2) is 0 Å². The third-order valence-electron chi connectivity index (χ3n) is 2.71. The van der Waals surface area contributed by atoms with Crippen molar-refractivity contribution in [2.75, 3.05) is 13.7 Å². The van der Waals surface area contributed by atoms with E-state index in [0.717, 1.165) is 18.7 Å². The van der Waals surface area contributed by atoms with Crippen molar-refractivity contribution >= 4 is 0 Å². The van der Waals surface area contributed by atoms with Crippen LogP contribution in [0.5, 0.6) is 5.75 Å². The van der Waals surface area contributed by atoms with E-state index in [-0.39, 0.29) is 0 Å². The maximum absolute atomic E-state index is 5.21. The molecular formula is C14H21NO. The molecule has 0 spiro atoms. The first kappa shape index (κ1) is 12.8. The molecule has 1 aromatic rings. The van der Waals surface area contributed by atoms with Crippen molar-refractivity contribution in [3.05, 3.63) is 42.0 Å². The standard InChI is InChI=1S/C14H21NO/c1-5-7-14(15-6-2)13-9-8-12(16-4)10-11(13)3/h5,8-10,14-15H,1,6-7H2,2-4H3. The summed E-state index contributed by atoms with van der Waals surface area (Å²) in [5.41, 5.74) is 2.58. The summed E-state index contributed by atoms with van der Waals surface area (Å²) >= 11 is 0. The van der Waals surface area contributed by atoms with E-state index in [1.807, 2.05) is 12.1 Å². The molecule has 0 saturated heterocycles. The normalized spacial score (nSPS) is 12.2. The molecule has 0 aliphatic rings. The van der Waals surface area contributed by atoms with Crippen molar-refractivity contribution in [1.82, 2.24) is 5.32 Å². The highest BCUT2D eigenvalue weighted by molar-refractivity contribution is 5.36. The van der Waals surface area contributed by atoms with E-state index in [9.17, 15) is 0 Å². The molecule has 0 heterocycles. The van der Waals surface area contributed by atoms with E-state index in [2.05, 4.69) is 37.9 Å². The van der Waals surface area contributed by atoms with Crippen molar-refractivity contribution in [3.63, 3.8) is 0 Å². The molecule has 0 aliphatic carbocycles. The molecule has 1 unspecified atom stereocenters. The second-order valence-electron chi connectivity index (χ2n) is 3.86. The second-order valence-corrected chi connectivity index (χ2v) is 3.86. The zero-order valence-corrected chi connectivity index (χ0v) is 10.4. The lowest BCUT2D eigenvalue weighted by Gasteiger charge is -2.19. The molecule has 2 heteroatoms. The zero-order chi connectivity index (χ0) is 12.0. The number of aryl methyl sites for hydroxylation is 1. The van der Waals surface area contributed by atoms with Gasteiger partial charge in [0.05, 0.1) is 7.11 Å². The number of nitrogens with one attached hydrogen (secondary N) is 1. The van der Waals surface area contributed by atoms with Gasteiger partial charge in [0.25, 0.3) is 0 Å². The van der Waals surface area contributed by atoms with Gasteiger partial charge >= 0.3 is 0 Å². The van der Waals surface area contributed by atoms with Crippen molar-refractivity contribution < 1.29 is 4.74 Å². The fourth-order valence-corrected chi connectivity index (χ4v) is 1.90. The number of ether oxygens (including phenoxy) is 1. The lowest BCUT2D eigenvalue weighted by Crippen LogP contribution is -2.21. The minimum Gasteiger partial charge on any atom is -0.497 e. The highest BCUT2D eigenvalue weighted by Gasteiger charge is 2.11. The molecule has 88 valence electrons. The van der Waals surface area contributed by atoms with Crippen LogP contribution in [-0.2, 0) is 0 Å². The SMILES string of the molecule is C=CCC(NCC)c1ccc(OC)cc1C. The summed E-state index contributed by atoms with van der Waals surface area (Å²) in [6, 6.07) is 6.57. The molecule has 0 saturated carbocycles. The van der Waals surface area contributed by atoms with Crippen molar-refractivity contribution in [1.29, 1.82) is 0 Å². The van der Waals surface area contributed by atoms with Gasteiger partial charge in [0.1, 0.15) is 5.75 Å². The summed E-state index contributed by atoms with van der Waals surface area (Å²) in [6.45, 7) is 9.01. The topological polar surface area (TPSA) is 21.3 Å². The summed E-state index contributed by atoms with van der Waals surface area (Å²) in [5.74, 6) is 0.912. The summed E-state index contributed by atoms with van der Waals surface area (Å²) in [5, 5.41) is 3.47. The van der Waals surface area contributed by atoms with Crippen LogP contribution in [0.4, 0.5) is 0 Å². The lowest BCUT2D eigenvalue weighted by molar-refractivity contribution is 0.414. The van der Waals surface area contributed by atoms with Gasteiger partial charge in [0, 0.05) is 6.04 Å². The number of hydrogen-bond acceptors (Lipinski definition) is 2. The van der Waals surface area contributed by atoms with Gasteiger partial charge in [0.2, 0.25) is 0 Å². The highest BCUT2D eigenvalue weighted by atomic mass is 16.5. The Kier molecular flexibility index (Phi) is 5.06. The van der Waals surface area contributed by atoms with Crippen LogP contribution in [0.15, 0.2) is 30.9 Å². The van der Waals surface area contributed by atoms with Crippen LogP contribution in [0.2, 0.25) is 0 Å². The van der Waals surface area contributed by atoms with Crippen LogP contribution in [-0.4, -0.2) is 13.7 Å². The minimum atomic E-state index is 0.355. The Morgan fingerprint density at radius 3 is 2.75 bits per heavy atom. The molecule has 2 nitrogen and oxygen atoms in total. The van der Waals surface area contributed by atoms with Crippen LogP contribution in [0.1, 0.15) is 30.5 Å². The average Bonchev–Trinajstić information content (AvgIpc) is 2.29. The average molecular weight is 219 g/mol. The van der Waals surface area contributed by atoms with E-state index >= 15 is 0 Å². The molecular weight excluding hydrogens is 198 g/mol. The molecule has 16 heavy (non-hydrogen) atoms. The molecule has 0 aromatic heterocycles.